The van der Waals surface area contributed by atoms with Crippen LogP contribution in [0.2, 0.25) is 0 Å². The maximum absolute atomic E-state index is 12.6. The van der Waals surface area contributed by atoms with Crippen molar-refractivity contribution < 1.29 is 18.6 Å². The number of halogens is 6. The van der Waals surface area contributed by atoms with Gasteiger partial charge in [0.2, 0.25) is 0 Å². The largest absolute Gasteiger partial charge is 0.388 e. The third-order valence-electron chi connectivity index (χ3n) is 5.97. The Labute approximate surface area is 243 Å². The first kappa shape index (κ1) is 33.6. The number of ether oxygens (including phenoxy) is 1. The molecule has 0 saturated heterocycles. The molecule has 2 aliphatic carbocycles. The zero-order chi connectivity index (χ0) is 26.2. The van der Waals surface area contributed by atoms with Crippen LogP contribution in [0.25, 0.3) is 0 Å². The van der Waals surface area contributed by atoms with Gasteiger partial charge in [-0.1, -0.05) is 53.0 Å². The summed E-state index contributed by atoms with van der Waals surface area (Å²) in [7, 11) is 0. The van der Waals surface area contributed by atoms with Crippen LogP contribution in [0.15, 0.2) is 48.5 Å². The summed E-state index contributed by atoms with van der Waals surface area (Å²) in [4.78, 5) is 0.418. The summed E-state index contributed by atoms with van der Waals surface area (Å²) >= 11 is 13.2. The molecule has 2 nitrogen and oxygen atoms in total. The Bertz CT molecular complexity index is 723. The van der Waals surface area contributed by atoms with Crippen molar-refractivity contribution in [1.29, 1.82) is 0 Å². The highest BCUT2D eigenvalue weighted by atomic mass is 80.0. The fourth-order valence-corrected chi connectivity index (χ4v) is 4.38. The molecule has 2 saturated carbocycles. The van der Waals surface area contributed by atoms with Crippen molar-refractivity contribution in [3.8, 4) is 0 Å². The second-order valence-electron chi connectivity index (χ2n) is 8.30. The summed E-state index contributed by atoms with van der Waals surface area (Å²) in [5, 5.41) is 9.81. The predicted molar refractivity (Wildman–Crippen MR) is 160 cm³/mol. The van der Waals surface area contributed by atoms with Gasteiger partial charge in [-0.2, -0.15) is 0 Å². The molecule has 0 heterocycles. The predicted octanol–water partition coefficient (Wildman–Crippen LogP) is 11.2. The summed E-state index contributed by atoms with van der Waals surface area (Å²) in [5.74, 6) is 0.748. The molecular formula is C26H35Br4F2O2P. The van der Waals surface area contributed by atoms with Gasteiger partial charge in [0.15, 0.2) is 0 Å². The van der Waals surface area contributed by atoms with Crippen molar-refractivity contribution in [1.82, 2.24) is 0 Å². The average Bonchev–Trinajstić information content (AvgIpc) is 2.73. The van der Waals surface area contributed by atoms with Gasteiger partial charge in [-0.3, -0.25) is 0 Å². The Hall–Kier alpha value is 0.570. The van der Waals surface area contributed by atoms with E-state index in [4.69, 9.17) is 4.74 Å². The second-order valence-corrected chi connectivity index (χ2v) is 24.6. The van der Waals surface area contributed by atoms with Crippen LogP contribution in [0.5, 0.6) is 0 Å². The van der Waals surface area contributed by atoms with Gasteiger partial charge >= 0.3 is 0 Å². The second kappa shape index (κ2) is 19.6. The molecule has 9 heteroatoms. The highest BCUT2D eigenvalue weighted by Gasteiger charge is 2.27. The van der Waals surface area contributed by atoms with Crippen LogP contribution in [-0.2, 0) is 4.74 Å². The van der Waals surface area contributed by atoms with Crippen LogP contribution >= 0.6 is 66.4 Å². The van der Waals surface area contributed by atoms with Crippen LogP contribution < -0.4 is 0 Å². The Kier molecular flexibility index (Phi) is 18.8. The molecule has 0 amide bonds. The lowest BCUT2D eigenvalue weighted by Crippen LogP contribution is -2.19. The first-order valence-corrected chi connectivity index (χ1v) is 20.2. The van der Waals surface area contributed by atoms with Crippen LogP contribution in [-0.4, -0.2) is 18.3 Å². The van der Waals surface area contributed by atoms with Gasteiger partial charge in [0.1, 0.15) is 15.7 Å². The molecule has 0 radical (unpaired) electrons. The number of hydrogen-bond acceptors (Lipinski definition) is 2. The monoisotopic (exact) mass is 764 g/mol. The van der Waals surface area contributed by atoms with Crippen molar-refractivity contribution in [3.05, 3.63) is 71.3 Å². The molecule has 2 unspecified atom stereocenters. The summed E-state index contributed by atoms with van der Waals surface area (Å²) < 4.78 is 29.8. The lowest BCUT2D eigenvalue weighted by Gasteiger charge is -2.30. The zero-order valence-electron chi connectivity index (χ0n) is 20.2. The molecule has 35 heavy (non-hydrogen) atoms. The molecule has 2 aromatic rings. The topological polar surface area (TPSA) is 29.5 Å². The lowest BCUT2D eigenvalue weighted by atomic mass is 9.79. The zero-order valence-corrected chi connectivity index (χ0v) is 27.4. The van der Waals surface area contributed by atoms with Crippen molar-refractivity contribution in [3.63, 3.8) is 0 Å². The molecule has 0 spiro atoms. The van der Waals surface area contributed by atoms with Gasteiger partial charge in [-0.15, -0.1) is 0 Å². The third kappa shape index (κ3) is 14.3. The van der Waals surface area contributed by atoms with Crippen LogP contribution in [0, 0.1) is 23.5 Å². The molecule has 0 bridgehead atoms. The molecule has 4 rings (SSSR count). The Morgan fingerprint density at radius 3 is 1.46 bits per heavy atom. The smallest absolute Gasteiger partial charge is 0.123 e. The molecule has 2 atom stereocenters. The van der Waals surface area contributed by atoms with E-state index in [1.54, 1.807) is 12.1 Å². The van der Waals surface area contributed by atoms with Crippen molar-refractivity contribution in [2.24, 2.45) is 11.8 Å². The molecule has 1 N–H and O–H groups in total. The van der Waals surface area contributed by atoms with Crippen molar-refractivity contribution in [2.45, 2.75) is 63.3 Å². The Balaban J connectivity index is 0.000000263. The minimum absolute atomic E-state index is 0.156. The lowest BCUT2D eigenvalue weighted by molar-refractivity contribution is 0.0620. The summed E-state index contributed by atoms with van der Waals surface area (Å²) in [6.45, 7) is 5.67. The van der Waals surface area contributed by atoms with E-state index in [2.05, 4.69) is 62.4 Å². The Morgan fingerprint density at radius 1 is 0.800 bits per heavy atom. The van der Waals surface area contributed by atoms with E-state index in [1.807, 2.05) is 26.0 Å². The van der Waals surface area contributed by atoms with E-state index >= 15 is 0 Å². The van der Waals surface area contributed by atoms with E-state index in [0.717, 1.165) is 37.5 Å². The molecule has 2 aromatic carbocycles. The number of aliphatic hydroxyl groups is 1. The minimum atomic E-state index is -0.394. The standard InChI is InChI=1S/C11H12BrF.C11H13FO.C4H10O.Br3P/c12-11(8-2-1-3-8)9-4-6-10(13)7-5-9;12-10-6-4-9(5-7-10)11(13)8-2-1-3-8;1-3-5-4-2;1-4(2)3/h4-8,11H,1-3H2;4-8,11,13H,1-3H2;3-4H2,1-2H3;. The number of rotatable bonds is 6. The SMILES string of the molecule is BrP(Br)Br.CCOCC.Fc1ccc(C(Br)C2CCC2)cc1.OC(c1ccc(F)cc1)C1CCC1. The molecule has 0 aliphatic heterocycles. The quantitative estimate of drug-likeness (QED) is 0.234. The number of alkyl halides is 1. The highest BCUT2D eigenvalue weighted by molar-refractivity contribution is 9.93. The van der Waals surface area contributed by atoms with E-state index in [9.17, 15) is 13.9 Å². The van der Waals surface area contributed by atoms with Gasteiger partial charge in [-0.05, 0) is 133 Å². The molecule has 0 aromatic heterocycles. The molecule has 2 aliphatic rings. The van der Waals surface area contributed by atoms with E-state index in [-0.39, 0.29) is 15.7 Å². The Morgan fingerprint density at radius 2 is 1.17 bits per heavy atom. The average molecular weight is 768 g/mol. The van der Waals surface area contributed by atoms with Gasteiger partial charge in [0.25, 0.3) is 0 Å². The van der Waals surface area contributed by atoms with E-state index < -0.39 is 6.10 Å². The maximum atomic E-state index is 12.6. The van der Waals surface area contributed by atoms with Gasteiger partial charge in [0, 0.05) is 18.0 Å². The number of aliphatic hydroxyl groups excluding tert-OH is 1. The summed E-state index contributed by atoms with van der Waals surface area (Å²) in [6, 6.07) is 12.9. The molecular weight excluding hydrogens is 733 g/mol. The van der Waals surface area contributed by atoms with Gasteiger partial charge in [-0.25, -0.2) is 8.78 Å². The van der Waals surface area contributed by atoms with Crippen LogP contribution in [0.3, 0.4) is 0 Å². The summed E-state index contributed by atoms with van der Waals surface area (Å²) in [5.41, 5.74) is 2.04. The normalized spacial score (nSPS) is 16.7. The van der Waals surface area contributed by atoms with Gasteiger partial charge in [0.05, 0.1) is 6.10 Å². The van der Waals surface area contributed by atoms with E-state index in [1.165, 1.54) is 55.5 Å². The summed E-state index contributed by atoms with van der Waals surface area (Å²) in [6.07, 6.45) is 6.95. The number of hydrogen-bond donors (Lipinski definition) is 1. The van der Waals surface area contributed by atoms with Gasteiger partial charge < -0.3 is 9.84 Å². The fraction of sp³-hybridized carbons (Fsp3) is 0.538. The van der Waals surface area contributed by atoms with Crippen LogP contribution in [0.1, 0.15) is 74.4 Å². The highest BCUT2D eigenvalue weighted by Crippen LogP contribution is 2.59. The minimum Gasteiger partial charge on any atom is -0.388 e. The first-order chi connectivity index (χ1) is 16.7. The van der Waals surface area contributed by atoms with Crippen molar-refractivity contribution >= 4 is 66.4 Å². The molecule has 2 fully saturated rings. The van der Waals surface area contributed by atoms with Crippen LogP contribution in [0.4, 0.5) is 8.78 Å². The third-order valence-corrected chi connectivity index (χ3v) is 7.24. The molecule has 198 valence electrons. The van der Waals surface area contributed by atoms with E-state index in [0.29, 0.717) is 10.7 Å². The maximum Gasteiger partial charge on any atom is 0.123 e. The first-order valence-electron chi connectivity index (χ1n) is 11.9. The van der Waals surface area contributed by atoms with Crippen molar-refractivity contribution in [2.75, 3.05) is 13.2 Å². The fourth-order valence-electron chi connectivity index (χ4n) is 3.54. The number of benzene rings is 2.